The van der Waals surface area contributed by atoms with Crippen molar-refractivity contribution in [3.8, 4) is 0 Å². The first kappa shape index (κ1) is 18.8. The van der Waals surface area contributed by atoms with Crippen molar-refractivity contribution in [2.24, 2.45) is 23.7 Å². The number of aliphatic hydroxyl groups excluding tert-OH is 1. The summed E-state index contributed by atoms with van der Waals surface area (Å²) < 4.78 is 5.22. The number of allylic oxidation sites excluding steroid dienone is 1. The molecule has 0 bridgehead atoms. The number of ketones is 1. The minimum atomic E-state index is -1.38. The summed E-state index contributed by atoms with van der Waals surface area (Å²) in [6.07, 6.45) is 4.02. The molecule has 0 aromatic rings. The van der Waals surface area contributed by atoms with Crippen LogP contribution in [0.4, 0.5) is 0 Å². The molecule has 5 nitrogen and oxygen atoms in total. The maximum Gasteiger partial charge on any atom is 0.165 e. The number of methoxy groups -OCH3 is 1. The van der Waals surface area contributed by atoms with Gasteiger partial charge in [0.1, 0.15) is 11.2 Å². The standard InChI is InChI=1S/C20H30O5/c1-11(2)14-8-17(21)16-7-15-13(5-6-19(15,23)10-25-4)12(3)18(22)9-20(14,16)24/h7-8,11-13,16,18,22-24H,5-6,9-10H2,1-4H3/b15-7+/t12-,13+,16?,18+,19+,20+/m1/s1. The van der Waals surface area contributed by atoms with Gasteiger partial charge in [0.25, 0.3) is 0 Å². The van der Waals surface area contributed by atoms with Crippen molar-refractivity contribution < 1.29 is 24.9 Å². The number of carbonyl (C=O) groups excluding carboxylic acids is 1. The number of hydrogen-bond donors (Lipinski definition) is 3. The van der Waals surface area contributed by atoms with E-state index in [0.717, 1.165) is 12.0 Å². The van der Waals surface area contributed by atoms with Crippen LogP contribution < -0.4 is 0 Å². The SMILES string of the molecule is COC[C@@]1(O)CC[C@@H]2/C1=C\C1C(=O)C=C(C(C)C)[C@@]1(O)C[C@H](O)[C@@H]2C. The van der Waals surface area contributed by atoms with Crippen LogP contribution in [-0.2, 0) is 9.53 Å². The minimum absolute atomic E-state index is 0.00407. The summed E-state index contributed by atoms with van der Waals surface area (Å²) in [6.45, 7) is 6.00. The number of carbonyl (C=O) groups is 1. The van der Waals surface area contributed by atoms with Gasteiger partial charge in [-0.1, -0.05) is 26.8 Å². The maximum atomic E-state index is 12.7. The summed E-state index contributed by atoms with van der Waals surface area (Å²) in [5, 5.41) is 33.3. The van der Waals surface area contributed by atoms with E-state index in [1.165, 1.54) is 6.08 Å². The highest BCUT2D eigenvalue weighted by Gasteiger charge is 2.55. The normalized spacial score (nSPS) is 46.2. The Bertz CT molecular complexity index is 622. The number of ether oxygens (including phenoxy) is 1. The van der Waals surface area contributed by atoms with E-state index in [1.54, 1.807) is 13.2 Å². The summed E-state index contributed by atoms with van der Waals surface area (Å²) >= 11 is 0. The Balaban J connectivity index is 2.12. The molecule has 140 valence electrons. The highest BCUT2D eigenvalue weighted by molar-refractivity contribution is 5.98. The van der Waals surface area contributed by atoms with Crippen LogP contribution in [-0.4, -0.2) is 52.1 Å². The zero-order valence-electron chi connectivity index (χ0n) is 15.5. The molecule has 0 aliphatic heterocycles. The molecule has 3 rings (SSSR count). The second-order valence-corrected chi connectivity index (χ2v) is 8.42. The molecule has 1 saturated carbocycles. The van der Waals surface area contributed by atoms with Gasteiger partial charge in [0.15, 0.2) is 5.78 Å². The second-order valence-electron chi connectivity index (χ2n) is 8.42. The van der Waals surface area contributed by atoms with Crippen molar-refractivity contribution in [1.82, 2.24) is 0 Å². The molecule has 0 heterocycles. The molecule has 25 heavy (non-hydrogen) atoms. The van der Waals surface area contributed by atoms with Crippen molar-refractivity contribution >= 4 is 5.78 Å². The molecule has 3 aliphatic rings. The van der Waals surface area contributed by atoms with E-state index < -0.39 is 23.2 Å². The molecule has 0 aromatic carbocycles. The first-order valence-electron chi connectivity index (χ1n) is 9.24. The Morgan fingerprint density at radius 2 is 2.04 bits per heavy atom. The van der Waals surface area contributed by atoms with E-state index in [4.69, 9.17) is 4.74 Å². The van der Waals surface area contributed by atoms with Crippen LogP contribution in [0.3, 0.4) is 0 Å². The lowest BCUT2D eigenvalue weighted by molar-refractivity contribution is -0.122. The van der Waals surface area contributed by atoms with Gasteiger partial charge in [-0.25, -0.2) is 0 Å². The van der Waals surface area contributed by atoms with Crippen molar-refractivity contribution in [3.05, 3.63) is 23.3 Å². The maximum absolute atomic E-state index is 12.7. The Labute approximate surface area is 149 Å². The zero-order chi connectivity index (χ0) is 18.6. The summed E-state index contributed by atoms with van der Waals surface area (Å²) in [7, 11) is 1.54. The summed E-state index contributed by atoms with van der Waals surface area (Å²) in [6, 6.07) is 0. The topological polar surface area (TPSA) is 87.0 Å². The van der Waals surface area contributed by atoms with Gasteiger partial charge in [0.05, 0.1) is 18.6 Å². The van der Waals surface area contributed by atoms with E-state index >= 15 is 0 Å². The van der Waals surface area contributed by atoms with Gasteiger partial charge in [-0.15, -0.1) is 0 Å². The van der Waals surface area contributed by atoms with E-state index in [1.807, 2.05) is 20.8 Å². The highest BCUT2D eigenvalue weighted by atomic mass is 16.5. The van der Waals surface area contributed by atoms with Gasteiger partial charge in [-0.3, -0.25) is 4.79 Å². The van der Waals surface area contributed by atoms with Gasteiger partial charge in [0, 0.05) is 13.5 Å². The zero-order valence-corrected chi connectivity index (χ0v) is 15.5. The molecule has 1 fully saturated rings. The predicted octanol–water partition coefficient (Wildman–Crippen LogP) is 1.61. The van der Waals surface area contributed by atoms with Crippen LogP contribution >= 0.6 is 0 Å². The van der Waals surface area contributed by atoms with Gasteiger partial charge in [0.2, 0.25) is 0 Å². The van der Waals surface area contributed by atoms with Crippen LogP contribution in [0.25, 0.3) is 0 Å². The van der Waals surface area contributed by atoms with Crippen LogP contribution in [0.1, 0.15) is 40.0 Å². The number of rotatable bonds is 3. The molecule has 0 aromatic heterocycles. The molecule has 0 amide bonds. The number of hydrogen-bond acceptors (Lipinski definition) is 5. The molecule has 5 heteroatoms. The molecular formula is C20H30O5. The van der Waals surface area contributed by atoms with Crippen molar-refractivity contribution in [2.75, 3.05) is 13.7 Å². The van der Waals surface area contributed by atoms with Crippen LogP contribution in [0, 0.1) is 23.7 Å². The van der Waals surface area contributed by atoms with Crippen LogP contribution in [0.2, 0.25) is 0 Å². The summed E-state index contributed by atoms with van der Waals surface area (Å²) in [5.74, 6) is -0.991. The van der Waals surface area contributed by atoms with Crippen molar-refractivity contribution in [3.63, 3.8) is 0 Å². The van der Waals surface area contributed by atoms with E-state index in [-0.39, 0.29) is 36.6 Å². The molecule has 1 unspecified atom stereocenters. The minimum Gasteiger partial charge on any atom is -0.393 e. The van der Waals surface area contributed by atoms with E-state index in [2.05, 4.69) is 0 Å². The molecule has 3 N–H and O–H groups in total. The fraction of sp³-hybridized carbons (Fsp3) is 0.750. The van der Waals surface area contributed by atoms with Gasteiger partial charge < -0.3 is 20.1 Å². The average molecular weight is 350 g/mol. The highest BCUT2D eigenvalue weighted by Crippen LogP contribution is 2.51. The lowest BCUT2D eigenvalue weighted by Crippen LogP contribution is -2.47. The first-order chi connectivity index (χ1) is 11.6. The fourth-order valence-electron chi connectivity index (χ4n) is 5.13. The van der Waals surface area contributed by atoms with Crippen molar-refractivity contribution in [1.29, 1.82) is 0 Å². The fourth-order valence-corrected chi connectivity index (χ4v) is 5.13. The third kappa shape index (κ3) is 2.81. The summed E-state index contributed by atoms with van der Waals surface area (Å²) in [5.41, 5.74) is -1.09. The molecular weight excluding hydrogens is 320 g/mol. The van der Waals surface area contributed by atoms with Gasteiger partial charge in [-0.2, -0.15) is 0 Å². The monoisotopic (exact) mass is 350 g/mol. The Hall–Kier alpha value is -1.01. The lowest BCUT2D eigenvalue weighted by atomic mass is 9.69. The molecule has 0 radical (unpaired) electrons. The largest absolute Gasteiger partial charge is 0.393 e. The second kappa shape index (κ2) is 6.31. The first-order valence-corrected chi connectivity index (χ1v) is 9.24. The predicted molar refractivity (Wildman–Crippen MR) is 93.8 cm³/mol. The van der Waals surface area contributed by atoms with E-state index in [9.17, 15) is 20.1 Å². The van der Waals surface area contributed by atoms with E-state index in [0.29, 0.717) is 12.0 Å². The smallest absolute Gasteiger partial charge is 0.165 e. The molecule has 6 atom stereocenters. The van der Waals surface area contributed by atoms with Crippen molar-refractivity contribution in [2.45, 2.75) is 57.3 Å². The third-order valence-corrected chi connectivity index (χ3v) is 6.54. The molecule has 3 aliphatic carbocycles. The third-order valence-electron chi connectivity index (χ3n) is 6.54. The number of fused-ring (bicyclic) bond motifs is 2. The Kier molecular flexibility index (Phi) is 4.73. The molecule has 0 saturated heterocycles. The van der Waals surface area contributed by atoms with Crippen LogP contribution in [0.15, 0.2) is 23.3 Å². The van der Waals surface area contributed by atoms with Crippen LogP contribution in [0.5, 0.6) is 0 Å². The Morgan fingerprint density at radius 1 is 1.36 bits per heavy atom. The van der Waals surface area contributed by atoms with Gasteiger partial charge in [-0.05, 0) is 47.8 Å². The number of aliphatic hydroxyl groups is 3. The quantitative estimate of drug-likeness (QED) is 0.673. The Morgan fingerprint density at radius 3 is 2.64 bits per heavy atom. The van der Waals surface area contributed by atoms with Gasteiger partial charge >= 0.3 is 0 Å². The summed E-state index contributed by atoms with van der Waals surface area (Å²) in [4.78, 5) is 12.7. The molecule has 0 spiro atoms. The average Bonchev–Trinajstić information content (AvgIpc) is 2.96. The lowest BCUT2D eigenvalue weighted by Gasteiger charge is -2.41.